The number of carbonyl (C=O) groups excluding carboxylic acids is 3. The molecule has 4 amide bonds. The van der Waals surface area contributed by atoms with E-state index in [0.717, 1.165) is 22.4 Å². The summed E-state index contributed by atoms with van der Waals surface area (Å²) in [6.07, 6.45) is 4.42. The Bertz CT molecular complexity index is 1110. The monoisotopic (exact) mass is 415 g/mol. The Morgan fingerprint density at radius 3 is 2.55 bits per heavy atom. The second-order valence-corrected chi connectivity index (χ2v) is 6.78. The Hall–Kier alpha value is -4.18. The van der Waals surface area contributed by atoms with Crippen molar-refractivity contribution in [2.45, 2.75) is 19.8 Å². The number of aryl methyl sites for hydroxylation is 1. The number of hydrogen-bond donors (Lipinski definition) is 1. The van der Waals surface area contributed by atoms with Crippen LogP contribution in [0.15, 0.2) is 60.7 Å². The second kappa shape index (κ2) is 9.55. The summed E-state index contributed by atoms with van der Waals surface area (Å²) in [5.41, 5.74) is 2.62. The summed E-state index contributed by atoms with van der Waals surface area (Å²) >= 11 is 0. The quantitative estimate of drug-likeness (QED) is 0.424. The van der Waals surface area contributed by atoms with Crippen molar-refractivity contribution in [2.24, 2.45) is 0 Å². The predicted molar refractivity (Wildman–Crippen MR) is 116 cm³/mol. The molecule has 0 atom stereocenters. The molecule has 7 heteroatoms. The fraction of sp³-hybridized carbons (Fsp3) is 0.167. The molecule has 1 N–H and O–H groups in total. The van der Waals surface area contributed by atoms with E-state index in [4.69, 9.17) is 10.00 Å². The standard InChI is InChI=1S/C24H21N3O4/c1-3-5-18-14-17(8-11-21(18)31-13-12-25)15-20-22(28)26-24(30)27(23(20)29)19-9-6-16(4-2)7-10-19/h3,6-11,14-15H,1,4-5,13H2,2H3,(H,26,28,30)/b20-15-. The van der Waals surface area contributed by atoms with E-state index in [9.17, 15) is 14.4 Å². The normalized spacial score (nSPS) is 14.9. The molecule has 1 aliphatic rings. The highest BCUT2D eigenvalue weighted by molar-refractivity contribution is 6.39. The Labute approximate surface area is 180 Å². The Morgan fingerprint density at radius 2 is 1.90 bits per heavy atom. The van der Waals surface area contributed by atoms with Crippen molar-refractivity contribution in [3.63, 3.8) is 0 Å². The number of anilines is 1. The van der Waals surface area contributed by atoms with E-state index in [2.05, 4.69) is 11.9 Å². The fourth-order valence-electron chi connectivity index (χ4n) is 3.19. The first-order chi connectivity index (χ1) is 15.0. The fourth-order valence-corrected chi connectivity index (χ4v) is 3.19. The molecule has 2 aromatic carbocycles. The number of nitriles is 1. The zero-order chi connectivity index (χ0) is 22.4. The molecule has 1 aliphatic heterocycles. The van der Waals surface area contributed by atoms with Crippen LogP contribution in [0, 0.1) is 11.3 Å². The minimum absolute atomic E-state index is 0.0979. The summed E-state index contributed by atoms with van der Waals surface area (Å²) in [7, 11) is 0. The molecule has 0 bridgehead atoms. The van der Waals surface area contributed by atoms with Gasteiger partial charge in [-0.2, -0.15) is 5.26 Å². The van der Waals surface area contributed by atoms with Gasteiger partial charge in [0, 0.05) is 0 Å². The van der Waals surface area contributed by atoms with Crippen LogP contribution in [0.5, 0.6) is 5.75 Å². The van der Waals surface area contributed by atoms with E-state index in [1.54, 1.807) is 36.4 Å². The maximum absolute atomic E-state index is 13.0. The molecule has 2 aromatic rings. The molecule has 3 rings (SSSR count). The first kappa shape index (κ1) is 21.5. The number of urea groups is 1. The molecule has 0 unspecified atom stereocenters. The number of rotatable bonds is 7. The molecular formula is C24H21N3O4. The number of ether oxygens (including phenoxy) is 1. The topological polar surface area (TPSA) is 99.5 Å². The molecular weight excluding hydrogens is 394 g/mol. The number of imide groups is 2. The highest BCUT2D eigenvalue weighted by Gasteiger charge is 2.36. The highest BCUT2D eigenvalue weighted by Crippen LogP contribution is 2.25. The number of barbiturate groups is 1. The maximum atomic E-state index is 13.0. The summed E-state index contributed by atoms with van der Waals surface area (Å²) in [5.74, 6) is -0.935. The molecule has 0 spiro atoms. The van der Waals surface area contributed by atoms with Crippen LogP contribution < -0.4 is 15.0 Å². The lowest BCUT2D eigenvalue weighted by Gasteiger charge is -2.26. The lowest BCUT2D eigenvalue weighted by Crippen LogP contribution is -2.54. The molecule has 0 aliphatic carbocycles. The van der Waals surface area contributed by atoms with Gasteiger partial charge in [0.2, 0.25) is 0 Å². The smallest absolute Gasteiger partial charge is 0.335 e. The van der Waals surface area contributed by atoms with Gasteiger partial charge in [0.25, 0.3) is 11.8 Å². The SMILES string of the molecule is C=CCc1cc(/C=C2/C(=O)NC(=O)N(c3ccc(CC)cc3)C2=O)ccc1OCC#N. The molecule has 1 heterocycles. The average molecular weight is 415 g/mol. The second-order valence-electron chi connectivity index (χ2n) is 6.78. The molecule has 0 radical (unpaired) electrons. The Kier molecular flexibility index (Phi) is 6.63. The Morgan fingerprint density at radius 1 is 1.16 bits per heavy atom. The molecule has 1 saturated heterocycles. The molecule has 156 valence electrons. The zero-order valence-corrected chi connectivity index (χ0v) is 17.1. The van der Waals surface area contributed by atoms with Gasteiger partial charge >= 0.3 is 6.03 Å². The van der Waals surface area contributed by atoms with E-state index in [1.807, 2.05) is 25.1 Å². The van der Waals surface area contributed by atoms with E-state index in [0.29, 0.717) is 23.4 Å². The predicted octanol–water partition coefficient (Wildman–Crippen LogP) is 3.55. The van der Waals surface area contributed by atoms with E-state index >= 15 is 0 Å². The number of carbonyl (C=O) groups is 3. The molecule has 31 heavy (non-hydrogen) atoms. The molecule has 0 aromatic heterocycles. The summed E-state index contributed by atoms with van der Waals surface area (Å²) in [6, 6.07) is 13.2. The van der Waals surface area contributed by atoms with Crippen LogP contribution in [0.25, 0.3) is 6.08 Å². The third-order valence-electron chi connectivity index (χ3n) is 4.76. The molecule has 0 saturated carbocycles. The van der Waals surface area contributed by atoms with Crippen LogP contribution in [0.3, 0.4) is 0 Å². The number of allylic oxidation sites excluding steroid dienone is 1. The van der Waals surface area contributed by atoms with Gasteiger partial charge in [-0.25, -0.2) is 9.69 Å². The number of hydrogen-bond acceptors (Lipinski definition) is 5. The van der Waals surface area contributed by atoms with E-state index < -0.39 is 17.8 Å². The maximum Gasteiger partial charge on any atom is 0.335 e. The van der Waals surface area contributed by atoms with Crippen molar-refractivity contribution in [3.8, 4) is 11.8 Å². The third kappa shape index (κ3) is 4.70. The lowest BCUT2D eigenvalue weighted by atomic mass is 10.0. The largest absolute Gasteiger partial charge is 0.478 e. The van der Waals surface area contributed by atoms with Crippen molar-refractivity contribution >= 4 is 29.6 Å². The summed E-state index contributed by atoms with van der Waals surface area (Å²) in [6.45, 7) is 5.62. The van der Waals surface area contributed by atoms with Gasteiger partial charge in [-0.05, 0) is 59.9 Å². The minimum Gasteiger partial charge on any atom is -0.478 e. The van der Waals surface area contributed by atoms with Crippen molar-refractivity contribution < 1.29 is 19.1 Å². The summed E-state index contributed by atoms with van der Waals surface area (Å²) in [4.78, 5) is 38.7. The van der Waals surface area contributed by atoms with Gasteiger partial charge in [-0.1, -0.05) is 31.2 Å². The van der Waals surface area contributed by atoms with Crippen molar-refractivity contribution in [1.82, 2.24) is 5.32 Å². The Balaban J connectivity index is 1.96. The van der Waals surface area contributed by atoms with Gasteiger partial charge in [0.15, 0.2) is 6.61 Å². The summed E-state index contributed by atoms with van der Waals surface area (Å²) < 4.78 is 5.41. The average Bonchev–Trinajstić information content (AvgIpc) is 2.76. The van der Waals surface area contributed by atoms with Crippen LogP contribution >= 0.6 is 0 Å². The number of amides is 4. The van der Waals surface area contributed by atoms with Crippen LogP contribution in [0.2, 0.25) is 0 Å². The van der Waals surface area contributed by atoms with Crippen LogP contribution in [-0.4, -0.2) is 24.5 Å². The van der Waals surface area contributed by atoms with Gasteiger partial charge in [-0.3, -0.25) is 14.9 Å². The third-order valence-corrected chi connectivity index (χ3v) is 4.76. The van der Waals surface area contributed by atoms with E-state index in [-0.39, 0.29) is 12.2 Å². The number of benzene rings is 2. The van der Waals surface area contributed by atoms with Crippen molar-refractivity contribution in [1.29, 1.82) is 5.26 Å². The van der Waals surface area contributed by atoms with Gasteiger partial charge in [0.1, 0.15) is 17.4 Å². The first-order valence-corrected chi connectivity index (χ1v) is 9.72. The van der Waals surface area contributed by atoms with E-state index in [1.165, 1.54) is 6.08 Å². The van der Waals surface area contributed by atoms with Crippen molar-refractivity contribution in [2.75, 3.05) is 11.5 Å². The zero-order valence-electron chi connectivity index (χ0n) is 17.1. The van der Waals surface area contributed by atoms with Crippen molar-refractivity contribution in [3.05, 3.63) is 77.4 Å². The van der Waals surface area contributed by atoms with Gasteiger partial charge < -0.3 is 4.74 Å². The van der Waals surface area contributed by atoms with Crippen LogP contribution in [-0.2, 0) is 22.4 Å². The first-order valence-electron chi connectivity index (χ1n) is 9.72. The minimum atomic E-state index is -0.788. The van der Waals surface area contributed by atoms with Crippen LogP contribution in [0.4, 0.5) is 10.5 Å². The molecule has 1 fully saturated rings. The number of nitrogens with zero attached hydrogens (tertiary/aromatic N) is 2. The lowest BCUT2D eigenvalue weighted by molar-refractivity contribution is -0.122. The number of nitrogens with one attached hydrogen (secondary N) is 1. The van der Waals surface area contributed by atoms with Gasteiger partial charge in [0.05, 0.1) is 5.69 Å². The van der Waals surface area contributed by atoms with Gasteiger partial charge in [-0.15, -0.1) is 6.58 Å². The highest BCUT2D eigenvalue weighted by atomic mass is 16.5. The van der Waals surface area contributed by atoms with Crippen LogP contribution in [0.1, 0.15) is 23.6 Å². The molecule has 7 nitrogen and oxygen atoms in total. The summed E-state index contributed by atoms with van der Waals surface area (Å²) in [5, 5.41) is 10.9.